The zero-order valence-electron chi connectivity index (χ0n) is 11.3. The Balaban J connectivity index is 2.86. The smallest absolute Gasteiger partial charge is 0.274 e. The number of hydrogen-bond acceptors (Lipinski definition) is 4. The summed E-state index contributed by atoms with van der Waals surface area (Å²) in [5.74, 6) is -0.00995. The van der Waals surface area contributed by atoms with Gasteiger partial charge in [-0.2, -0.15) is 0 Å². The SMILES string of the molecule is Cc1c(NC(=O)[C@H](N)CC(C)C)cccc1[N+](=O)[O-]. The lowest BCUT2D eigenvalue weighted by Crippen LogP contribution is -2.36. The fourth-order valence-corrected chi connectivity index (χ4v) is 1.80. The van der Waals surface area contributed by atoms with Crippen LogP contribution in [0.1, 0.15) is 25.8 Å². The normalized spacial score (nSPS) is 12.3. The van der Waals surface area contributed by atoms with Gasteiger partial charge in [0.15, 0.2) is 0 Å². The van der Waals surface area contributed by atoms with Gasteiger partial charge in [-0.1, -0.05) is 19.9 Å². The van der Waals surface area contributed by atoms with Crippen LogP contribution in [0.25, 0.3) is 0 Å². The van der Waals surface area contributed by atoms with Crippen LogP contribution in [0.4, 0.5) is 11.4 Å². The van der Waals surface area contributed by atoms with E-state index < -0.39 is 11.0 Å². The first-order chi connectivity index (χ1) is 8.82. The van der Waals surface area contributed by atoms with Crippen LogP contribution in [-0.2, 0) is 4.79 Å². The summed E-state index contributed by atoms with van der Waals surface area (Å²) in [5, 5.41) is 13.4. The van der Waals surface area contributed by atoms with Crippen molar-refractivity contribution in [2.24, 2.45) is 11.7 Å². The highest BCUT2D eigenvalue weighted by Gasteiger charge is 2.18. The first-order valence-electron chi connectivity index (χ1n) is 6.13. The van der Waals surface area contributed by atoms with Crippen molar-refractivity contribution in [1.29, 1.82) is 0 Å². The molecule has 1 rings (SSSR count). The van der Waals surface area contributed by atoms with Crippen LogP contribution < -0.4 is 11.1 Å². The third kappa shape index (κ3) is 4.03. The van der Waals surface area contributed by atoms with E-state index in [1.807, 2.05) is 13.8 Å². The molecule has 1 amide bonds. The van der Waals surface area contributed by atoms with E-state index in [4.69, 9.17) is 5.73 Å². The first kappa shape index (κ1) is 15.1. The Kier molecular flexibility index (Phi) is 5.00. The van der Waals surface area contributed by atoms with Crippen LogP contribution in [0.15, 0.2) is 18.2 Å². The molecule has 3 N–H and O–H groups in total. The molecule has 0 aliphatic heterocycles. The summed E-state index contributed by atoms with van der Waals surface area (Å²) in [5.41, 5.74) is 6.61. The van der Waals surface area contributed by atoms with Crippen LogP contribution in [0, 0.1) is 23.0 Å². The Bertz CT molecular complexity index is 486. The maximum atomic E-state index is 11.9. The average Bonchev–Trinajstić information content (AvgIpc) is 2.30. The van der Waals surface area contributed by atoms with Crippen molar-refractivity contribution in [2.45, 2.75) is 33.2 Å². The summed E-state index contributed by atoms with van der Waals surface area (Å²) < 4.78 is 0. The summed E-state index contributed by atoms with van der Waals surface area (Å²) >= 11 is 0. The molecule has 104 valence electrons. The minimum atomic E-state index is -0.612. The Morgan fingerprint density at radius 2 is 2.11 bits per heavy atom. The van der Waals surface area contributed by atoms with Crippen molar-refractivity contribution in [2.75, 3.05) is 5.32 Å². The van der Waals surface area contributed by atoms with Crippen molar-refractivity contribution in [3.63, 3.8) is 0 Å². The number of nitro groups is 1. The van der Waals surface area contributed by atoms with E-state index in [0.29, 0.717) is 23.6 Å². The van der Waals surface area contributed by atoms with Gasteiger partial charge in [0.25, 0.3) is 5.69 Å². The molecule has 0 aliphatic rings. The van der Waals surface area contributed by atoms with Gasteiger partial charge < -0.3 is 11.1 Å². The molecular weight excluding hydrogens is 246 g/mol. The van der Waals surface area contributed by atoms with Crippen LogP contribution in [-0.4, -0.2) is 16.9 Å². The van der Waals surface area contributed by atoms with Crippen molar-refractivity contribution in [3.05, 3.63) is 33.9 Å². The van der Waals surface area contributed by atoms with Gasteiger partial charge in [0, 0.05) is 6.07 Å². The second-order valence-corrected chi connectivity index (χ2v) is 4.93. The van der Waals surface area contributed by atoms with Gasteiger partial charge in [0.1, 0.15) is 0 Å². The monoisotopic (exact) mass is 265 g/mol. The summed E-state index contributed by atoms with van der Waals surface area (Å²) in [6, 6.07) is 3.95. The van der Waals surface area contributed by atoms with E-state index in [1.54, 1.807) is 13.0 Å². The van der Waals surface area contributed by atoms with Gasteiger partial charge in [-0.15, -0.1) is 0 Å². The summed E-state index contributed by atoms with van der Waals surface area (Å²) in [6.45, 7) is 5.55. The molecule has 0 aromatic heterocycles. The number of nitrogens with one attached hydrogen (secondary N) is 1. The molecule has 1 aromatic rings. The molecule has 0 saturated heterocycles. The van der Waals surface area contributed by atoms with Gasteiger partial charge in [0.2, 0.25) is 5.91 Å². The fraction of sp³-hybridized carbons (Fsp3) is 0.462. The van der Waals surface area contributed by atoms with E-state index in [1.165, 1.54) is 12.1 Å². The Morgan fingerprint density at radius 1 is 1.47 bits per heavy atom. The number of nitrogens with two attached hydrogens (primary N) is 1. The lowest BCUT2D eigenvalue weighted by Gasteiger charge is -2.15. The van der Waals surface area contributed by atoms with Gasteiger partial charge >= 0.3 is 0 Å². The lowest BCUT2D eigenvalue weighted by molar-refractivity contribution is -0.385. The molecule has 0 bridgehead atoms. The summed E-state index contributed by atoms with van der Waals surface area (Å²) in [4.78, 5) is 22.2. The quantitative estimate of drug-likeness (QED) is 0.630. The number of anilines is 1. The zero-order chi connectivity index (χ0) is 14.6. The van der Waals surface area contributed by atoms with E-state index >= 15 is 0 Å². The predicted molar refractivity (Wildman–Crippen MR) is 73.9 cm³/mol. The molecule has 0 heterocycles. The number of nitrogens with zero attached hydrogens (tertiary/aromatic N) is 1. The van der Waals surface area contributed by atoms with Crippen LogP contribution in [0.2, 0.25) is 0 Å². The molecule has 0 unspecified atom stereocenters. The molecule has 1 aromatic carbocycles. The Labute approximate surface area is 112 Å². The molecule has 0 aliphatic carbocycles. The largest absolute Gasteiger partial charge is 0.324 e. The highest BCUT2D eigenvalue weighted by atomic mass is 16.6. The Hall–Kier alpha value is -1.95. The molecular formula is C13H19N3O3. The van der Waals surface area contributed by atoms with E-state index in [-0.39, 0.29) is 11.6 Å². The standard InChI is InChI=1S/C13H19N3O3/c1-8(2)7-10(14)13(17)15-11-5-4-6-12(9(11)3)16(18)19/h4-6,8,10H,7,14H2,1-3H3,(H,15,17)/t10-/m1/s1. The van der Waals surface area contributed by atoms with E-state index in [9.17, 15) is 14.9 Å². The predicted octanol–water partition coefficient (Wildman–Crippen LogP) is 2.22. The number of nitro benzene ring substituents is 1. The number of hydrogen-bond donors (Lipinski definition) is 2. The second-order valence-electron chi connectivity index (χ2n) is 4.93. The van der Waals surface area contributed by atoms with Crippen molar-refractivity contribution >= 4 is 17.3 Å². The third-order valence-electron chi connectivity index (χ3n) is 2.82. The van der Waals surface area contributed by atoms with Gasteiger partial charge in [0.05, 0.1) is 22.2 Å². The maximum Gasteiger partial charge on any atom is 0.274 e. The van der Waals surface area contributed by atoms with E-state index in [2.05, 4.69) is 5.32 Å². The fourth-order valence-electron chi connectivity index (χ4n) is 1.80. The second kappa shape index (κ2) is 6.29. The lowest BCUT2D eigenvalue weighted by atomic mass is 10.0. The van der Waals surface area contributed by atoms with Gasteiger partial charge in [-0.05, 0) is 25.3 Å². The number of amides is 1. The van der Waals surface area contributed by atoms with Crippen LogP contribution in [0.5, 0.6) is 0 Å². The van der Waals surface area contributed by atoms with Crippen molar-refractivity contribution in [3.8, 4) is 0 Å². The number of carbonyl (C=O) groups excluding carboxylic acids is 1. The van der Waals surface area contributed by atoms with Gasteiger partial charge in [-0.25, -0.2) is 0 Å². The van der Waals surface area contributed by atoms with Crippen LogP contribution >= 0.6 is 0 Å². The molecule has 1 atom stereocenters. The highest BCUT2D eigenvalue weighted by molar-refractivity contribution is 5.95. The average molecular weight is 265 g/mol. The highest BCUT2D eigenvalue weighted by Crippen LogP contribution is 2.25. The van der Waals surface area contributed by atoms with Gasteiger partial charge in [-0.3, -0.25) is 14.9 Å². The molecule has 6 nitrogen and oxygen atoms in total. The summed E-state index contributed by atoms with van der Waals surface area (Å²) in [6.07, 6.45) is 0.569. The number of benzene rings is 1. The minimum absolute atomic E-state index is 0.0183. The third-order valence-corrected chi connectivity index (χ3v) is 2.82. The Morgan fingerprint density at radius 3 is 2.63 bits per heavy atom. The molecule has 6 heteroatoms. The molecule has 0 fully saturated rings. The number of rotatable bonds is 5. The summed E-state index contributed by atoms with van der Waals surface area (Å²) in [7, 11) is 0. The molecule has 0 radical (unpaired) electrons. The van der Waals surface area contributed by atoms with Crippen molar-refractivity contribution in [1.82, 2.24) is 0 Å². The molecule has 0 saturated carbocycles. The molecule has 19 heavy (non-hydrogen) atoms. The number of carbonyl (C=O) groups is 1. The minimum Gasteiger partial charge on any atom is -0.324 e. The van der Waals surface area contributed by atoms with Crippen molar-refractivity contribution < 1.29 is 9.72 Å². The van der Waals surface area contributed by atoms with E-state index in [0.717, 1.165) is 0 Å². The maximum absolute atomic E-state index is 11.9. The molecule has 0 spiro atoms. The first-order valence-corrected chi connectivity index (χ1v) is 6.13. The topological polar surface area (TPSA) is 98.3 Å². The van der Waals surface area contributed by atoms with Crippen LogP contribution in [0.3, 0.4) is 0 Å². The zero-order valence-corrected chi connectivity index (χ0v) is 11.3.